The molecule has 0 radical (unpaired) electrons. The van der Waals surface area contributed by atoms with Gasteiger partial charge in [0.2, 0.25) is 10.0 Å². The van der Waals surface area contributed by atoms with Crippen molar-refractivity contribution in [2.24, 2.45) is 0 Å². The molecule has 1 aliphatic rings. The number of rotatable bonds is 6. The van der Waals surface area contributed by atoms with Gasteiger partial charge in [0.25, 0.3) is 0 Å². The summed E-state index contributed by atoms with van der Waals surface area (Å²) in [5, 5.41) is 3.73. The summed E-state index contributed by atoms with van der Waals surface area (Å²) in [6, 6.07) is 9.81. The van der Waals surface area contributed by atoms with Crippen LogP contribution in [0.15, 0.2) is 42.7 Å². The highest BCUT2D eigenvalue weighted by Gasteiger charge is 2.35. The molecule has 23 heavy (non-hydrogen) atoms. The zero-order valence-electron chi connectivity index (χ0n) is 13.1. The largest absolute Gasteiger partial charge is 0.377 e. The van der Waals surface area contributed by atoms with Crippen molar-refractivity contribution in [2.75, 3.05) is 13.2 Å². The van der Waals surface area contributed by atoms with Crippen LogP contribution in [0, 0.1) is 0 Å². The molecule has 3 rings (SSSR count). The highest BCUT2D eigenvalue weighted by atomic mass is 32.2. The molecular weight excluding hydrogens is 314 g/mol. The fourth-order valence-corrected chi connectivity index (χ4v) is 4.39. The molecule has 2 atom stereocenters. The van der Waals surface area contributed by atoms with Crippen LogP contribution >= 0.6 is 0 Å². The van der Waals surface area contributed by atoms with E-state index in [0.717, 1.165) is 11.3 Å². The Morgan fingerprint density at radius 3 is 2.74 bits per heavy atom. The van der Waals surface area contributed by atoms with Crippen LogP contribution in [0.5, 0.6) is 0 Å². The minimum Gasteiger partial charge on any atom is -0.377 e. The molecule has 124 valence electrons. The van der Waals surface area contributed by atoms with E-state index in [2.05, 4.69) is 9.82 Å². The second kappa shape index (κ2) is 6.82. The molecule has 1 aromatic heterocycles. The van der Waals surface area contributed by atoms with Crippen molar-refractivity contribution < 1.29 is 13.2 Å². The molecule has 0 spiro atoms. The van der Waals surface area contributed by atoms with Crippen molar-refractivity contribution in [1.82, 2.24) is 14.5 Å². The lowest BCUT2D eigenvalue weighted by Gasteiger charge is -2.15. The van der Waals surface area contributed by atoms with E-state index in [-0.39, 0.29) is 6.10 Å². The van der Waals surface area contributed by atoms with E-state index in [1.807, 2.05) is 43.5 Å². The van der Waals surface area contributed by atoms with E-state index < -0.39 is 15.3 Å². The molecule has 2 aromatic rings. The summed E-state index contributed by atoms with van der Waals surface area (Å²) in [7, 11) is -3.31. The molecule has 7 heteroatoms. The fraction of sp³-hybridized carbons (Fsp3) is 0.438. The van der Waals surface area contributed by atoms with Gasteiger partial charge in [-0.1, -0.05) is 12.1 Å². The van der Waals surface area contributed by atoms with Crippen molar-refractivity contribution in [3.63, 3.8) is 0 Å². The zero-order valence-corrected chi connectivity index (χ0v) is 13.9. The topological polar surface area (TPSA) is 73.2 Å². The number of benzene rings is 1. The van der Waals surface area contributed by atoms with Crippen molar-refractivity contribution in [2.45, 2.75) is 31.1 Å². The van der Waals surface area contributed by atoms with Crippen LogP contribution in [0.25, 0.3) is 5.69 Å². The number of hydrogen-bond donors (Lipinski definition) is 1. The van der Waals surface area contributed by atoms with Crippen LogP contribution in [0.1, 0.15) is 18.9 Å². The number of aromatic nitrogens is 2. The van der Waals surface area contributed by atoms with Crippen LogP contribution in [0.3, 0.4) is 0 Å². The predicted octanol–water partition coefficient (Wildman–Crippen LogP) is 1.51. The molecule has 0 saturated carbocycles. The molecule has 6 nitrogen and oxygen atoms in total. The molecule has 1 saturated heterocycles. The van der Waals surface area contributed by atoms with E-state index in [9.17, 15) is 8.42 Å². The minimum absolute atomic E-state index is 0.235. The monoisotopic (exact) mass is 335 g/mol. The first-order valence-electron chi connectivity index (χ1n) is 7.75. The van der Waals surface area contributed by atoms with E-state index in [0.29, 0.717) is 26.0 Å². The predicted molar refractivity (Wildman–Crippen MR) is 88.0 cm³/mol. The SMILES string of the molecule is CC1OCCC1S(=O)(=O)NCCc1ccc(-n2cccn2)cc1. The minimum atomic E-state index is -3.31. The first kappa shape index (κ1) is 16.2. The van der Waals surface area contributed by atoms with Gasteiger partial charge in [0, 0.05) is 25.5 Å². The van der Waals surface area contributed by atoms with E-state index >= 15 is 0 Å². The number of hydrogen-bond acceptors (Lipinski definition) is 4. The van der Waals surface area contributed by atoms with Crippen LogP contribution in [0.4, 0.5) is 0 Å². The Balaban J connectivity index is 1.54. The normalized spacial score (nSPS) is 21.6. The number of nitrogens with zero attached hydrogens (tertiary/aromatic N) is 2. The zero-order chi connectivity index (χ0) is 16.3. The van der Waals surface area contributed by atoms with Gasteiger partial charge in [-0.3, -0.25) is 0 Å². The van der Waals surface area contributed by atoms with Crippen molar-refractivity contribution in [3.05, 3.63) is 48.3 Å². The van der Waals surface area contributed by atoms with Crippen LogP contribution in [-0.2, 0) is 21.2 Å². The molecular formula is C16H21N3O3S. The van der Waals surface area contributed by atoms with Gasteiger partial charge in [-0.2, -0.15) is 5.10 Å². The molecule has 0 bridgehead atoms. The summed E-state index contributed by atoms with van der Waals surface area (Å²) in [6.45, 7) is 2.72. The van der Waals surface area contributed by atoms with E-state index in [4.69, 9.17) is 4.74 Å². The van der Waals surface area contributed by atoms with Gasteiger partial charge in [-0.05, 0) is 43.5 Å². The Hall–Kier alpha value is -1.70. The maximum atomic E-state index is 12.2. The van der Waals surface area contributed by atoms with Crippen LogP contribution < -0.4 is 4.72 Å². The smallest absolute Gasteiger partial charge is 0.217 e. The van der Waals surface area contributed by atoms with Gasteiger partial charge >= 0.3 is 0 Å². The molecule has 0 aliphatic carbocycles. The van der Waals surface area contributed by atoms with Crippen molar-refractivity contribution in [3.8, 4) is 5.69 Å². The van der Waals surface area contributed by atoms with Crippen molar-refractivity contribution in [1.29, 1.82) is 0 Å². The number of nitrogens with one attached hydrogen (secondary N) is 1. The van der Waals surface area contributed by atoms with Gasteiger partial charge < -0.3 is 4.74 Å². The number of sulfonamides is 1. The average molecular weight is 335 g/mol. The first-order valence-corrected chi connectivity index (χ1v) is 9.30. The Labute approximate surface area is 136 Å². The summed E-state index contributed by atoms with van der Waals surface area (Å²) in [4.78, 5) is 0. The van der Waals surface area contributed by atoms with Gasteiger partial charge in [-0.25, -0.2) is 17.8 Å². The summed E-state index contributed by atoms with van der Waals surface area (Å²) in [5.41, 5.74) is 2.07. The Morgan fingerprint density at radius 1 is 1.35 bits per heavy atom. The highest BCUT2D eigenvalue weighted by Crippen LogP contribution is 2.19. The first-order chi connectivity index (χ1) is 11.1. The quantitative estimate of drug-likeness (QED) is 0.868. The Kier molecular flexibility index (Phi) is 4.79. The lowest BCUT2D eigenvalue weighted by atomic mass is 10.1. The lowest BCUT2D eigenvalue weighted by molar-refractivity contribution is 0.126. The lowest BCUT2D eigenvalue weighted by Crippen LogP contribution is -2.39. The molecule has 0 amide bonds. The maximum absolute atomic E-state index is 12.2. The van der Waals surface area contributed by atoms with Crippen LogP contribution in [0.2, 0.25) is 0 Å². The third-order valence-corrected chi connectivity index (χ3v) is 6.15. The van der Waals surface area contributed by atoms with Gasteiger partial charge in [0.05, 0.1) is 11.8 Å². The Bertz CT molecular complexity index is 726. The summed E-state index contributed by atoms with van der Waals surface area (Å²) < 4.78 is 34.3. The summed E-state index contributed by atoms with van der Waals surface area (Å²) in [6.07, 6.45) is 4.60. The van der Waals surface area contributed by atoms with Gasteiger partial charge in [0.1, 0.15) is 5.25 Å². The molecule has 1 fully saturated rings. The Morgan fingerprint density at radius 2 is 2.13 bits per heavy atom. The van der Waals surface area contributed by atoms with E-state index in [1.165, 1.54) is 0 Å². The summed E-state index contributed by atoms with van der Waals surface area (Å²) >= 11 is 0. The van der Waals surface area contributed by atoms with Crippen molar-refractivity contribution >= 4 is 10.0 Å². The molecule has 1 N–H and O–H groups in total. The average Bonchev–Trinajstić information content (AvgIpc) is 3.19. The maximum Gasteiger partial charge on any atom is 0.217 e. The second-order valence-electron chi connectivity index (χ2n) is 5.71. The standard InChI is InChI=1S/C16H21N3O3S/c1-13-16(8-12-22-13)23(20,21)18-10-7-14-3-5-15(6-4-14)19-11-2-9-17-19/h2-6,9,11,13,16,18H,7-8,10,12H2,1H3. The van der Waals surface area contributed by atoms with Crippen LogP contribution in [-0.4, -0.2) is 42.7 Å². The van der Waals surface area contributed by atoms with E-state index in [1.54, 1.807) is 10.9 Å². The fourth-order valence-electron chi connectivity index (χ4n) is 2.80. The third-order valence-electron chi connectivity index (χ3n) is 4.13. The van der Waals surface area contributed by atoms with Gasteiger partial charge in [-0.15, -0.1) is 0 Å². The molecule has 1 aromatic carbocycles. The third kappa shape index (κ3) is 3.80. The second-order valence-corrected chi connectivity index (χ2v) is 7.69. The molecule has 1 aliphatic heterocycles. The molecule has 2 heterocycles. The van der Waals surface area contributed by atoms with Gasteiger partial charge in [0.15, 0.2) is 0 Å². The summed E-state index contributed by atoms with van der Waals surface area (Å²) in [5.74, 6) is 0. The number of ether oxygens (including phenoxy) is 1. The molecule has 2 unspecified atom stereocenters. The highest BCUT2D eigenvalue weighted by molar-refractivity contribution is 7.90.